The van der Waals surface area contributed by atoms with Crippen LogP contribution in [0.2, 0.25) is 11.6 Å². The van der Waals surface area contributed by atoms with Crippen LogP contribution in [0.4, 0.5) is 0 Å². The van der Waals surface area contributed by atoms with Gasteiger partial charge in [-0.1, -0.05) is 13.3 Å². The smallest absolute Gasteiger partial charge is 0.280 e. The topological polar surface area (TPSA) is 3.24 Å². The number of nitrogens with zero attached hydrogens (tertiary/aromatic N) is 1. The summed E-state index contributed by atoms with van der Waals surface area (Å²) in [5.74, 6) is 4.82. The van der Waals surface area contributed by atoms with E-state index in [2.05, 4.69) is 37.5 Å². The molecule has 0 fully saturated rings. The minimum absolute atomic E-state index is 0.417. The van der Waals surface area contributed by atoms with E-state index < -0.39 is 14.1 Å². The summed E-state index contributed by atoms with van der Waals surface area (Å²) in [6.07, 6.45) is 1.32. The summed E-state index contributed by atoms with van der Waals surface area (Å²) in [4.78, 5) is 3.25. The van der Waals surface area contributed by atoms with E-state index in [0.29, 0.717) is 0 Å². The third kappa shape index (κ3) is 3.25. The van der Waals surface area contributed by atoms with Crippen molar-refractivity contribution >= 4 is 14.1 Å². The van der Waals surface area contributed by atoms with Crippen molar-refractivity contribution in [2.45, 2.75) is 29.8 Å². The Kier molecular flexibility index (Phi) is 4.57. The second-order valence-corrected chi connectivity index (χ2v) is 6.44. The molecule has 0 aliphatic heterocycles. The average molecular weight is 143 g/mol. The highest BCUT2D eigenvalue weighted by molar-refractivity contribution is 6.57. The van der Waals surface area contributed by atoms with Gasteiger partial charge in [-0.25, -0.2) is 0 Å². The largest absolute Gasteiger partial charge is 0.320 e. The van der Waals surface area contributed by atoms with E-state index in [1.807, 2.05) is 0 Å². The Morgan fingerprint density at radius 3 is 1.78 bits per heavy atom. The molecule has 0 N–H and O–H groups in total. The number of rotatable bonds is 3. The van der Waals surface area contributed by atoms with Gasteiger partial charge in [0.2, 0.25) is 0 Å². The predicted molar refractivity (Wildman–Crippen MR) is 45.2 cm³/mol. The first-order chi connectivity index (χ1) is 4.09. The van der Waals surface area contributed by atoms with Gasteiger partial charge in [0.05, 0.1) is 0 Å². The molecule has 0 aromatic rings. The molecule has 1 atom stereocenters. The second kappa shape index (κ2) is 4.33. The quantitative estimate of drug-likeness (QED) is 0.543. The standard InChI is InChI=1S/C5H12N.2CH3.Al/c1-4-5-6(2)3;;;/h5H,4H2,1-3H3;2*1H3;. The Balaban J connectivity index is 3.68. The molecule has 1 nitrogen and oxygen atoms in total. The van der Waals surface area contributed by atoms with Crippen LogP contribution in [0.25, 0.3) is 0 Å². The first kappa shape index (κ1) is 9.49. The fraction of sp³-hybridized carbons (Fsp3) is 1.00. The van der Waals surface area contributed by atoms with E-state index in [1.165, 1.54) is 6.42 Å². The monoisotopic (exact) mass is 143 g/mol. The van der Waals surface area contributed by atoms with Crippen LogP contribution in [0.5, 0.6) is 0 Å². The fourth-order valence-corrected chi connectivity index (χ4v) is 3.57. The van der Waals surface area contributed by atoms with Gasteiger partial charge in [-0.3, -0.25) is 0 Å². The molecule has 0 saturated carbocycles. The zero-order valence-electron chi connectivity index (χ0n) is 7.31. The first-order valence-corrected chi connectivity index (χ1v) is 6.73. The molecule has 0 amide bonds. The molecular formula is C7H18AlN. The van der Waals surface area contributed by atoms with Crippen LogP contribution in [0, 0.1) is 0 Å². The molecule has 0 bridgehead atoms. The van der Waals surface area contributed by atoms with E-state index in [9.17, 15) is 0 Å². The van der Waals surface area contributed by atoms with Gasteiger partial charge in [0, 0.05) is 0 Å². The van der Waals surface area contributed by atoms with Crippen LogP contribution in [0.15, 0.2) is 0 Å². The van der Waals surface area contributed by atoms with Crippen molar-refractivity contribution in [2.24, 2.45) is 0 Å². The van der Waals surface area contributed by atoms with Crippen molar-refractivity contribution in [1.29, 1.82) is 0 Å². The lowest BCUT2D eigenvalue weighted by Crippen LogP contribution is -2.37. The Morgan fingerprint density at radius 1 is 1.33 bits per heavy atom. The van der Waals surface area contributed by atoms with Gasteiger partial charge < -0.3 is 4.90 Å². The molecule has 0 saturated heterocycles. The molecule has 0 aliphatic rings. The molecule has 0 aliphatic carbocycles. The maximum atomic E-state index is 2.41. The lowest BCUT2D eigenvalue weighted by atomic mass is 10.4. The molecule has 0 rings (SSSR count). The summed E-state index contributed by atoms with van der Waals surface area (Å²) in [7, 11) is 4.36. The SMILES string of the molecule is CC[CH](N(C)C)[Al]([CH3])[CH3]. The molecule has 0 aromatic carbocycles. The van der Waals surface area contributed by atoms with Gasteiger partial charge in [-0.2, -0.15) is 0 Å². The van der Waals surface area contributed by atoms with Gasteiger partial charge in [0.25, 0.3) is 14.1 Å². The van der Waals surface area contributed by atoms with Crippen molar-refractivity contribution in [3.8, 4) is 0 Å². The minimum Gasteiger partial charge on any atom is -0.320 e. The van der Waals surface area contributed by atoms with Crippen molar-refractivity contribution < 1.29 is 0 Å². The molecule has 9 heavy (non-hydrogen) atoms. The maximum absolute atomic E-state index is 2.41. The zero-order valence-corrected chi connectivity index (χ0v) is 8.46. The molecule has 2 heteroatoms. The molecule has 0 spiro atoms. The Bertz CT molecular complexity index is 63.3. The minimum atomic E-state index is -0.417. The maximum Gasteiger partial charge on any atom is 0.280 e. The van der Waals surface area contributed by atoms with Crippen LogP contribution >= 0.6 is 0 Å². The van der Waals surface area contributed by atoms with Gasteiger partial charge in [0.15, 0.2) is 0 Å². The van der Waals surface area contributed by atoms with Crippen molar-refractivity contribution in [1.82, 2.24) is 4.90 Å². The van der Waals surface area contributed by atoms with Crippen LogP contribution < -0.4 is 0 Å². The molecular weight excluding hydrogens is 125 g/mol. The van der Waals surface area contributed by atoms with Crippen molar-refractivity contribution in [2.75, 3.05) is 14.1 Å². The second-order valence-electron chi connectivity index (χ2n) is 3.18. The highest BCUT2D eigenvalue weighted by atomic mass is 27.2. The molecule has 54 valence electrons. The average Bonchev–Trinajstić information content (AvgIpc) is 1.64. The molecule has 1 unspecified atom stereocenters. The summed E-state index contributed by atoms with van der Waals surface area (Å²) in [6, 6.07) is 0. The summed E-state index contributed by atoms with van der Waals surface area (Å²) in [6.45, 7) is 2.28. The van der Waals surface area contributed by atoms with Gasteiger partial charge in [0.1, 0.15) is 0 Å². The molecule has 0 heterocycles. The molecule has 0 aromatic heterocycles. The summed E-state index contributed by atoms with van der Waals surface area (Å²) >= 11 is -0.417. The Morgan fingerprint density at radius 2 is 1.78 bits per heavy atom. The number of hydrogen-bond donors (Lipinski definition) is 0. The summed E-state index contributed by atoms with van der Waals surface area (Å²) < 4.78 is 0. The fourth-order valence-electron chi connectivity index (χ4n) is 1.43. The normalized spacial score (nSPS) is 14.0. The molecule has 0 radical (unpaired) electrons. The lowest BCUT2D eigenvalue weighted by molar-refractivity contribution is 0.361. The van der Waals surface area contributed by atoms with Gasteiger partial charge in [-0.05, 0) is 19.0 Å². The van der Waals surface area contributed by atoms with E-state index in [4.69, 9.17) is 0 Å². The third-order valence-electron chi connectivity index (χ3n) is 1.85. The van der Waals surface area contributed by atoms with Gasteiger partial charge in [-0.15, -0.1) is 11.6 Å². The lowest BCUT2D eigenvalue weighted by Gasteiger charge is -2.23. The van der Waals surface area contributed by atoms with Crippen molar-refractivity contribution in [3.63, 3.8) is 0 Å². The Labute approximate surface area is 63.4 Å². The highest BCUT2D eigenvalue weighted by Crippen LogP contribution is 2.02. The predicted octanol–water partition coefficient (Wildman–Crippen LogP) is 1.62. The van der Waals surface area contributed by atoms with Crippen molar-refractivity contribution in [3.05, 3.63) is 0 Å². The zero-order chi connectivity index (χ0) is 7.44. The van der Waals surface area contributed by atoms with Crippen LogP contribution in [0.1, 0.15) is 13.3 Å². The van der Waals surface area contributed by atoms with E-state index in [0.717, 1.165) is 4.90 Å². The summed E-state index contributed by atoms with van der Waals surface area (Å²) in [5.41, 5.74) is 0. The third-order valence-corrected chi connectivity index (χ3v) is 4.46. The highest BCUT2D eigenvalue weighted by Gasteiger charge is 2.17. The van der Waals surface area contributed by atoms with E-state index in [-0.39, 0.29) is 0 Å². The number of hydrogen-bond acceptors (Lipinski definition) is 1. The van der Waals surface area contributed by atoms with E-state index >= 15 is 0 Å². The first-order valence-electron chi connectivity index (χ1n) is 3.76. The Hall–Kier alpha value is 0.492. The van der Waals surface area contributed by atoms with Gasteiger partial charge >= 0.3 is 0 Å². The van der Waals surface area contributed by atoms with Crippen LogP contribution in [-0.4, -0.2) is 38.0 Å². The van der Waals surface area contributed by atoms with E-state index in [1.54, 1.807) is 0 Å². The van der Waals surface area contributed by atoms with Crippen LogP contribution in [0.3, 0.4) is 0 Å². The summed E-state index contributed by atoms with van der Waals surface area (Å²) in [5, 5.41) is 0. The van der Waals surface area contributed by atoms with Crippen LogP contribution in [-0.2, 0) is 0 Å².